The maximum absolute atomic E-state index is 13.0. The summed E-state index contributed by atoms with van der Waals surface area (Å²) < 4.78 is 18.5. The third-order valence-electron chi connectivity index (χ3n) is 4.87. The smallest absolute Gasteiger partial charge is 0.191 e. The molecule has 0 aromatic heterocycles. The fourth-order valence-electron chi connectivity index (χ4n) is 3.36. The number of aliphatic imine (C=N–C) groups is 1. The Bertz CT molecular complexity index is 763. The summed E-state index contributed by atoms with van der Waals surface area (Å²) in [4.78, 5) is 6.65. The molecule has 1 fully saturated rings. The topological polar surface area (TPSA) is 48.9 Å². The van der Waals surface area contributed by atoms with Crippen LogP contribution in [0.3, 0.4) is 0 Å². The van der Waals surface area contributed by atoms with Crippen LogP contribution in [0.5, 0.6) is 5.75 Å². The van der Waals surface area contributed by atoms with E-state index in [1.54, 1.807) is 26.3 Å². The summed E-state index contributed by atoms with van der Waals surface area (Å²) in [5, 5.41) is 6.67. The lowest BCUT2D eigenvalue weighted by Gasteiger charge is -2.21. The number of halogens is 1. The van der Waals surface area contributed by atoms with Crippen molar-refractivity contribution in [2.75, 3.05) is 38.7 Å². The van der Waals surface area contributed by atoms with Crippen molar-refractivity contribution >= 4 is 11.6 Å². The molecule has 2 aromatic carbocycles. The highest BCUT2D eigenvalue weighted by Crippen LogP contribution is 2.31. The lowest BCUT2D eigenvalue weighted by Crippen LogP contribution is -2.39. The molecule has 3 rings (SSSR count). The highest BCUT2D eigenvalue weighted by molar-refractivity contribution is 5.79. The first-order valence-corrected chi connectivity index (χ1v) is 9.26. The Kier molecular flexibility index (Phi) is 6.52. The van der Waals surface area contributed by atoms with Gasteiger partial charge in [-0.25, -0.2) is 4.39 Å². The molecule has 27 heavy (non-hydrogen) atoms. The van der Waals surface area contributed by atoms with Gasteiger partial charge in [0, 0.05) is 33.2 Å². The number of anilines is 1. The molecular weight excluding hydrogens is 343 g/mol. The Morgan fingerprint density at radius 3 is 2.70 bits per heavy atom. The van der Waals surface area contributed by atoms with Gasteiger partial charge < -0.3 is 20.3 Å². The standard InChI is InChI=1S/C21H27FN4O/c1-23-21(24-13-16-7-9-18(22)10-8-16)25-14-17-11-12-26(15-17)19-5-3-4-6-20(19)27-2/h3-10,17H,11-15H2,1-2H3,(H2,23,24,25). The molecule has 1 unspecified atom stereocenters. The SMILES string of the molecule is CN=C(NCc1ccc(F)cc1)NCC1CCN(c2ccccc2OC)C1. The van der Waals surface area contributed by atoms with Gasteiger partial charge in [-0.05, 0) is 42.2 Å². The second-order valence-electron chi connectivity index (χ2n) is 6.71. The minimum Gasteiger partial charge on any atom is -0.495 e. The van der Waals surface area contributed by atoms with Crippen LogP contribution in [0, 0.1) is 11.7 Å². The van der Waals surface area contributed by atoms with Gasteiger partial charge in [0.05, 0.1) is 12.8 Å². The van der Waals surface area contributed by atoms with Crippen molar-refractivity contribution in [3.63, 3.8) is 0 Å². The third kappa shape index (κ3) is 5.12. The van der Waals surface area contributed by atoms with E-state index in [-0.39, 0.29) is 5.82 Å². The van der Waals surface area contributed by atoms with Gasteiger partial charge in [0.15, 0.2) is 5.96 Å². The summed E-state index contributed by atoms with van der Waals surface area (Å²) in [5.41, 5.74) is 2.17. The van der Waals surface area contributed by atoms with Gasteiger partial charge in [-0.2, -0.15) is 0 Å². The van der Waals surface area contributed by atoms with Crippen LogP contribution in [0.2, 0.25) is 0 Å². The second kappa shape index (κ2) is 9.26. The molecule has 1 heterocycles. The quantitative estimate of drug-likeness (QED) is 0.606. The summed E-state index contributed by atoms with van der Waals surface area (Å²) in [6, 6.07) is 14.6. The number of methoxy groups -OCH3 is 1. The van der Waals surface area contributed by atoms with Crippen LogP contribution in [-0.2, 0) is 6.54 Å². The van der Waals surface area contributed by atoms with E-state index in [1.807, 2.05) is 18.2 Å². The highest BCUT2D eigenvalue weighted by Gasteiger charge is 2.24. The number of nitrogens with zero attached hydrogens (tertiary/aromatic N) is 2. The monoisotopic (exact) mass is 370 g/mol. The Morgan fingerprint density at radius 2 is 1.96 bits per heavy atom. The fraction of sp³-hybridized carbons (Fsp3) is 0.381. The molecule has 0 spiro atoms. The molecule has 1 atom stereocenters. The third-order valence-corrected chi connectivity index (χ3v) is 4.87. The van der Waals surface area contributed by atoms with Crippen LogP contribution in [-0.4, -0.2) is 39.8 Å². The summed E-state index contributed by atoms with van der Waals surface area (Å²) in [6.07, 6.45) is 1.13. The van der Waals surface area contributed by atoms with Crippen molar-refractivity contribution in [2.24, 2.45) is 10.9 Å². The summed E-state index contributed by atoms with van der Waals surface area (Å²) in [5.74, 6) is 2.00. The Balaban J connectivity index is 1.47. The van der Waals surface area contributed by atoms with Gasteiger partial charge in [0.25, 0.3) is 0 Å². The summed E-state index contributed by atoms with van der Waals surface area (Å²) >= 11 is 0. The van der Waals surface area contributed by atoms with Gasteiger partial charge in [0.1, 0.15) is 11.6 Å². The van der Waals surface area contributed by atoms with Crippen molar-refractivity contribution in [2.45, 2.75) is 13.0 Å². The average Bonchev–Trinajstić information content (AvgIpc) is 3.18. The molecule has 2 N–H and O–H groups in total. The molecule has 5 nitrogen and oxygen atoms in total. The summed E-state index contributed by atoms with van der Waals surface area (Å²) in [7, 11) is 3.47. The van der Waals surface area contributed by atoms with Crippen LogP contribution in [0.15, 0.2) is 53.5 Å². The number of benzene rings is 2. The van der Waals surface area contributed by atoms with Crippen LogP contribution in [0.25, 0.3) is 0 Å². The van der Waals surface area contributed by atoms with Gasteiger partial charge in [-0.1, -0.05) is 24.3 Å². The number of hydrogen-bond donors (Lipinski definition) is 2. The normalized spacial score (nSPS) is 17.1. The van der Waals surface area contributed by atoms with Gasteiger partial charge in [0.2, 0.25) is 0 Å². The van der Waals surface area contributed by atoms with E-state index < -0.39 is 0 Å². The predicted octanol–water partition coefficient (Wildman–Crippen LogP) is 3.03. The number of guanidine groups is 1. The maximum Gasteiger partial charge on any atom is 0.191 e. The molecule has 1 saturated heterocycles. The molecule has 6 heteroatoms. The zero-order valence-electron chi connectivity index (χ0n) is 15.9. The fourth-order valence-corrected chi connectivity index (χ4v) is 3.36. The minimum atomic E-state index is -0.220. The highest BCUT2D eigenvalue weighted by atomic mass is 19.1. The molecular formula is C21H27FN4O. The van der Waals surface area contributed by atoms with E-state index in [1.165, 1.54) is 12.1 Å². The first-order valence-electron chi connectivity index (χ1n) is 9.26. The van der Waals surface area contributed by atoms with Crippen LogP contribution in [0.1, 0.15) is 12.0 Å². The first kappa shape index (κ1) is 19.0. The van der Waals surface area contributed by atoms with E-state index in [9.17, 15) is 4.39 Å². The van der Waals surface area contributed by atoms with Gasteiger partial charge in [-0.15, -0.1) is 0 Å². The molecule has 1 aliphatic rings. The van der Waals surface area contributed by atoms with E-state index in [0.29, 0.717) is 12.5 Å². The maximum atomic E-state index is 13.0. The largest absolute Gasteiger partial charge is 0.495 e. The number of hydrogen-bond acceptors (Lipinski definition) is 3. The lowest BCUT2D eigenvalue weighted by molar-refractivity contribution is 0.414. The minimum absolute atomic E-state index is 0.220. The van der Waals surface area contributed by atoms with Gasteiger partial charge >= 0.3 is 0 Å². The van der Waals surface area contributed by atoms with Crippen molar-refractivity contribution in [1.29, 1.82) is 0 Å². The van der Waals surface area contributed by atoms with E-state index in [4.69, 9.17) is 4.74 Å². The van der Waals surface area contributed by atoms with Gasteiger partial charge in [-0.3, -0.25) is 4.99 Å². The zero-order valence-corrected chi connectivity index (χ0v) is 15.9. The average molecular weight is 370 g/mol. The second-order valence-corrected chi connectivity index (χ2v) is 6.71. The molecule has 0 aliphatic carbocycles. The number of nitrogens with one attached hydrogen (secondary N) is 2. The first-order chi connectivity index (χ1) is 13.2. The van der Waals surface area contributed by atoms with Crippen LogP contribution < -0.4 is 20.3 Å². The van der Waals surface area contributed by atoms with Crippen LogP contribution in [0.4, 0.5) is 10.1 Å². The summed E-state index contributed by atoms with van der Waals surface area (Å²) in [6.45, 7) is 3.48. The van der Waals surface area contributed by atoms with E-state index in [0.717, 1.165) is 49.0 Å². The molecule has 0 bridgehead atoms. The van der Waals surface area contributed by atoms with E-state index >= 15 is 0 Å². The van der Waals surface area contributed by atoms with Crippen molar-refractivity contribution in [3.8, 4) is 5.75 Å². The molecule has 2 aromatic rings. The predicted molar refractivity (Wildman–Crippen MR) is 108 cm³/mol. The van der Waals surface area contributed by atoms with E-state index in [2.05, 4.69) is 26.6 Å². The molecule has 1 aliphatic heterocycles. The Morgan fingerprint density at radius 1 is 1.19 bits per heavy atom. The number of ether oxygens (including phenoxy) is 1. The number of para-hydroxylation sites is 2. The molecule has 0 saturated carbocycles. The zero-order chi connectivity index (χ0) is 19.1. The van der Waals surface area contributed by atoms with Crippen molar-refractivity contribution in [1.82, 2.24) is 10.6 Å². The van der Waals surface area contributed by atoms with Crippen molar-refractivity contribution in [3.05, 3.63) is 59.9 Å². The number of rotatable bonds is 6. The van der Waals surface area contributed by atoms with Crippen molar-refractivity contribution < 1.29 is 9.13 Å². The molecule has 0 radical (unpaired) electrons. The molecule has 144 valence electrons. The Labute approximate surface area is 160 Å². The van der Waals surface area contributed by atoms with Crippen LogP contribution >= 0.6 is 0 Å². The Hall–Kier alpha value is -2.76. The lowest BCUT2D eigenvalue weighted by atomic mass is 10.1. The molecule has 0 amide bonds.